The summed E-state index contributed by atoms with van der Waals surface area (Å²) in [6, 6.07) is 11.3. The third-order valence-electron chi connectivity index (χ3n) is 6.04. The Kier molecular flexibility index (Phi) is 4.53. The van der Waals surface area contributed by atoms with Crippen LogP contribution < -0.4 is 10.3 Å². The second kappa shape index (κ2) is 7.14. The molecular weight excluding hydrogens is 418 g/mol. The number of fused-ring (bicyclic) bond motifs is 1. The molecule has 8 heteroatoms. The number of pyridine rings is 1. The monoisotopic (exact) mass is 437 g/mol. The molecule has 1 saturated carbocycles. The van der Waals surface area contributed by atoms with Gasteiger partial charge in [-0.1, -0.05) is 35.9 Å². The number of halogens is 1. The van der Waals surface area contributed by atoms with Crippen LogP contribution in [-0.2, 0) is 5.41 Å². The highest BCUT2D eigenvalue weighted by Crippen LogP contribution is 2.48. The van der Waals surface area contributed by atoms with Crippen LogP contribution in [0.25, 0.3) is 27.7 Å². The third-order valence-corrected chi connectivity index (χ3v) is 6.35. The SMILES string of the molecule is COc1cnn(-c2c(O)c3cc(-c4ccc(C5(CO)CC5)cc4)c(Cl)cc3[nH]c2=O)c1. The van der Waals surface area contributed by atoms with E-state index in [4.69, 9.17) is 16.3 Å². The molecule has 3 N–H and O–H groups in total. The first-order valence-electron chi connectivity index (χ1n) is 9.85. The molecular formula is C23H20ClN3O4. The Bertz CT molecular complexity index is 1350. The van der Waals surface area contributed by atoms with E-state index in [0.717, 1.165) is 29.5 Å². The molecule has 0 atom stereocenters. The van der Waals surface area contributed by atoms with Crippen molar-refractivity contribution in [1.29, 1.82) is 0 Å². The number of nitrogens with zero attached hydrogens (tertiary/aromatic N) is 2. The highest BCUT2D eigenvalue weighted by atomic mass is 35.5. The molecule has 31 heavy (non-hydrogen) atoms. The van der Waals surface area contributed by atoms with E-state index in [0.29, 0.717) is 21.7 Å². The summed E-state index contributed by atoms with van der Waals surface area (Å²) in [7, 11) is 1.50. The van der Waals surface area contributed by atoms with E-state index >= 15 is 0 Å². The summed E-state index contributed by atoms with van der Waals surface area (Å²) in [5.74, 6) is 0.267. The van der Waals surface area contributed by atoms with Crippen molar-refractivity contribution < 1.29 is 14.9 Å². The van der Waals surface area contributed by atoms with Crippen LogP contribution in [0.1, 0.15) is 18.4 Å². The van der Waals surface area contributed by atoms with Gasteiger partial charge in [0.05, 0.1) is 36.6 Å². The molecule has 4 aromatic rings. The van der Waals surface area contributed by atoms with Crippen molar-refractivity contribution in [3.63, 3.8) is 0 Å². The molecule has 0 unspecified atom stereocenters. The number of hydrogen-bond donors (Lipinski definition) is 3. The Morgan fingerprint density at radius 2 is 2.00 bits per heavy atom. The molecule has 0 spiro atoms. The number of H-pyrrole nitrogens is 1. The van der Waals surface area contributed by atoms with Crippen LogP contribution in [0.3, 0.4) is 0 Å². The van der Waals surface area contributed by atoms with Gasteiger partial charge in [-0.3, -0.25) is 4.79 Å². The van der Waals surface area contributed by atoms with Crippen LogP contribution in [0.15, 0.2) is 53.6 Å². The predicted octanol–water partition coefficient (Wildman–Crippen LogP) is 3.77. The molecule has 5 rings (SSSR count). The fourth-order valence-corrected chi connectivity index (χ4v) is 4.22. The maximum Gasteiger partial charge on any atom is 0.278 e. The average Bonchev–Trinajstić information content (AvgIpc) is 3.44. The van der Waals surface area contributed by atoms with E-state index < -0.39 is 5.56 Å². The first-order valence-corrected chi connectivity index (χ1v) is 10.2. The van der Waals surface area contributed by atoms with Gasteiger partial charge in [0, 0.05) is 16.4 Å². The van der Waals surface area contributed by atoms with E-state index in [9.17, 15) is 15.0 Å². The summed E-state index contributed by atoms with van der Waals surface area (Å²) in [4.78, 5) is 15.4. The Balaban J connectivity index is 1.63. The highest BCUT2D eigenvalue weighted by molar-refractivity contribution is 6.34. The minimum atomic E-state index is -0.498. The molecule has 0 radical (unpaired) electrons. The third kappa shape index (κ3) is 3.17. The lowest BCUT2D eigenvalue weighted by molar-refractivity contribution is 0.255. The number of benzene rings is 2. The first kappa shape index (κ1) is 19.7. The van der Waals surface area contributed by atoms with Crippen molar-refractivity contribution in [2.24, 2.45) is 0 Å². The molecule has 2 heterocycles. The Morgan fingerprint density at radius 3 is 2.61 bits per heavy atom. The van der Waals surface area contributed by atoms with Gasteiger partial charge in [0.2, 0.25) is 0 Å². The minimum absolute atomic E-state index is 0.00181. The van der Waals surface area contributed by atoms with Gasteiger partial charge >= 0.3 is 0 Å². The number of ether oxygens (including phenoxy) is 1. The van der Waals surface area contributed by atoms with Gasteiger partial charge in [0.15, 0.2) is 17.2 Å². The topological polar surface area (TPSA) is 100 Å². The van der Waals surface area contributed by atoms with E-state index in [2.05, 4.69) is 10.1 Å². The number of hydrogen-bond acceptors (Lipinski definition) is 5. The van der Waals surface area contributed by atoms with Crippen molar-refractivity contribution in [2.75, 3.05) is 13.7 Å². The summed E-state index contributed by atoms with van der Waals surface area (Å²) in [5.41, 5.74) is 2.52. The van der Waals surface area contributed by atoms with Crippen molar-refractivity contribution in [2.45, 2.75) is 18.3 Å². The molecule has 0 aliphatic heterocycles. The summed E-state index contributed by atoms with van der Waals surface area (Å²) in [6.45, 7) is 0.144. The second-order valence-corrected chi connectivity index (χ2v) is 8.28. The predicted molar refractivity (Wildman–Crippen MR) is 118 cm³/mol. The van der Waals surface area contributed by atoms with Gasteiger partial charge in [-0.15, -0.1) is 0 Å². The van der Waals surface area contributed by atoms with E-state index in [1.165, 1.54) is 24.2 Å². The number of aromatic amines is 1. The summed E-state index contributed by atoms with van der Waals surface area (Å²) < 4.78 is 6.39. The number of aliphatic hydroxyl groups is 1. The summed E-state index contributed by atoms with van der Waals surface area (Å²) >= 11 is 6.51. The number of aromatic hydroxyl groups is 1. The molecule has 2 aromatic carbocycles. The van der Waals surface area contributed by atoms with Crippen LogP contribution in [0.2, 0.25) is 5.02 Å². The molecule has 2 aromatic heterocycles. The number of rotatable bonds is 5. The van der Waals surface area contributed by atoms with Crippen LogP contribution in [0.5, 0.6) is 11.5 Å². The largest absolute Gasteiger partial charge is 0.505 e. The smallest absolute Gasteiger partial charge is 0.278 e. The van der Waals surface area contributed by atoms with Crippen molar-refractivity contribution >= 4 is 22.5 Å². The van der Waals surface area contributed by atoms with Gasteiger partial charge in [0.25, 0.3) is 5.56 Å². The lowest BCUT2D eigenvalue weighted by Crippen LogP contribution is -2.15. The fraction of sp³-hybridized carbons (Fsp3) is 0.217. The number of methoxy groups -OCH3 is 1. The maximum absolute atomic E-state index is 12.6. The quantitative estimate of drug-likeness (QED) is 0.441. The Labute approximate surface area is 182 Å². The van der Waals surface area contributed by atoms with E-state index in [1.54, 1.807) is 12.1 Å². The standard InChI is InChI=1S/C23H20ClN3O4/c1-31-15-10-25-27(11-15)20-21(29)17-8-16(18(24)9-19(17)26-22(20)30)13-2-4-14(5-3-13)23(12-28)6-7-23/h2-5,8-11,28H,6-7,12H2,1H3,(H2,26,29,30). The molecule has 1 fully saturated rings. The first-order chi connectivity index (χ1) is 15.0. The molecule has 1 aliphatic carbocycles. The van der Waals surface area contributed by atoms with E-state index in [-0.39, 0.29) is 23.5 Å². The molecule has 7 nitrogen and oxygen atoms in total. The van der Waals surface area contributed by atoms with Crippen molar-refractivity contribution in [1.82, 2.24) is 14.8 Å². The Hall–Kier alpha value is -3.29. The van der Waals surface area contributed by atoms with Gasteiger partial charge in [0.1, 0.15) is 0 Å². The molecule has 0 amide bonds. The minimum Gasteiger partial charge on any atom is -0.505 e. The zero-order valence-corrected chi connectivity index (χ0v) is 17.5. The normalized spacial score (nSPS) is 14.7. The van der Waals surface area contributed by atoms with Crippen LogP contribution in [0.4, 0.5) is 0 Å². The number of nitrogens with one attached hydrogen (secondary N) is 1. The highest BCUT2D eigenvalue weighted by Gasteiger charge is 2.43. The molecule has 1 aliphatic rings. The summed E-state index contributed by atoms with van der Waals surface area (Å²) in [5, 5.41) is 25.6. The molecule has 0 bridgehead atoms. The zero-order chi connectivity index (χ0) is 21.8. The van der Waals surface area contributed by atoms with Crippen molar-refractivity contribution in [3.05, 3.63) is 69.7 Å². The van der Waals surface area contributed by atoms with Gasteiger partial charge in [-0.2, -0.15) is 5.10 Å². The zero-order valence-electron chi connectivity index (χ0n) is 16.7. The van der Waals surface area contributed by atoms with Crippen LogP contribution >= 0.6 is 11.6 Å². The van der Waals surface area contributed by atoms with Crippen LogP contribution in [-0.4, -0.2) is 38.7 Å². The van der Waals surface area contributed by atoms with Crippen LogP contribution in [0, 0.1) is 0 Å². The Morgan fingerprint density at radius 1 is 1.26 bits per heavy atom. The van der Waals surface area contributed by atoms with E-state index in [1.807, 2.05) is 24.3 Å². The molecule has 158 valence electrons. The van der Waals surface area contributed by atoms with Crippen molar-refractivity contribution in [3.8, 4) is 28.3 Å². The van der Waals surface area contributed by atoms with Gasteiger partial charge in [-0.05, 0) is 36.1 Å². The molecule has 0 saturated heterocycles. The fourth-order valence-electron chi connectivity index (χ4n) is 3.95. The van der Waals surface area contributed by atoms with Gasteiger partial charge < -0.3 is 19.9 Å². The summed E-state index contributed by atoms with van der Waals surface area (Å²) in [6.07, 6.45) is 4.95. The number of aromatic nitrogens is 3. The maximum atomic E-state index is 12.6. The van der Waals surface area contributed by atoms with Gasteiger partial charge in [-0.25, -0.2) is 4.68 Å². The lowest BCUT2D eigenvalue weighted by Gasteiger charge is -2.14. The number of aliphatic hydroxyl groups excluding tert-OH is 1. The second-order valence-electron chi connectivity index (χ2n) is 7.87. The lowest BCUT2D eigenvalue weighted by atomic mass is 9.94. The average molecular weight is 438 g/mol.